The molecule has 0 N–H and O–H groups in total. The summed E-state index contributed by atoms with van der Waals surface area (Å²) in [5, 5.41) is 0. The molecule has 2 rings (SSSR count). The van der Waals surface area contributed by atoms with E-state index in [4.69, 9.17) is 0 Å². The van der Waals surface area contributed by atoms with Crippen LogP contribution in [0.4, 0.5) is 17.3 Å². The number of hydrogen-bond donors (Lipinski definition) is 0. The van der Waals surface area contributed by atoms with Gasteiger partial charge in [0.2, 0.25) is 0 Å². The molecule has 1 aliphatic heterocycles. The van der Waals surface area contributed by atoms with E-state index >= 15 is 0 Å². The third-order valence-electron chi connectivity index (χ3n) is 3.80. The molecule has 0 aromatic heterocycles. The van der Waals surface area contributed by atoms with Gasteiger partial charge in [0.25, 0.3) is 0 Å². The molecule has 0 radical (unpaired) electrons. The number of quaternary nitrogens is 1. The minimum absolute atomic E-state index is 0.505. The quantitative estimate of drug-likeness (QED) is 0.337. The average molecular weight is 277 g/mol. The van der Waals surface area contributed by atoms with Gasteiger partial charge < -0.3 is 21.7 Å². The molecule has 1 aromatic carbocycles. The first-order valence-corrected chi connectivity index (χ1v) is 6.37. The van der Waals surface area contributed by atoms with Crippen LogP contribution < -0.4 is 0 Å². The van der Waals surface area contributed by atoms with Crippen molar-refractivity contribution in [2.45, 2.75) is 32.9 Å². The molecule has 1 unspecified atom stereocenters. The van der Waals surface area contributed by atoms with Crippen LogP contribution in [0, 0.1) is 0 Å². The van der Waals surface area contributed by atoms with E-state index in [1.807, 2.05) is 0 Å². The first kappa shape index (κ1) is 16.0. The van der Waals surface area contributed by atoms with Crippen LogP contribution in [0.15, 0.2) is 30.3 Å². The maximum Gasteiger partial charge on any atom is 0.673 e. The number of benzene rings is 1. The SMILES string of the molecule is CC[N+]1(Cc2ccccc2)CC1(C)C.F[B-](F)(F)F. The molecule has 1 heterocycles. The summed E-state index contributed by atoms with van der Waals surface area (Å²) in [7, 11) is -6.00. The standard InChI is InChI=1S/C13H20N.BF4/c1-4-14(11-13(14,2)3)10-12-8-6-5-7-9-12;2-1(3,4)5/h5-9H,4,10-11H2,1-3H3;/q+1;-1. The molecule has 1 aromatic rings. The Balaban J connectivity index is 0.000000312. The van der Waals surface area contributed by atoms with Crippen molar-refractivity contribution in [3.8, 4) is 0 Å². The van der Waals surface area contributed by atoms with Gasteiger partial charge in [-0.05, 0) is 20.8 Å². The molecule has 0 spiro atoms. The lowest BCUT2D eigenvalue weighted by Crippen LogP contribution is -2.32. The topological polar surface area (TPSA) is 0 Å². The summed E-state index contributed by atoms with van der Waals surface area (Å²) in [5.74, 6) is 0. The van der Waals surface area contributed by atoms with Crippen LogP contribution in [0.1, 0.15) is 26.3 Å². The smallest absolute Gasteiger partial charge is 0.418 e. The Hall–Kier alpha value is -1.04. The van der Waals surface area contributed by atoms with E-state index in [0.29, 0.717) is 5.54 Å². The van der Waals surface area contributed by atoms with Crippen molar-refractivity contribution >= 4 is 7.25 Å². The Labute approximate surface area is 111 Å². The minimum Gasteiger partial charge on any atom is -0.418 e. The maximum absolute atomic E-state index is 9.75. The Kier molecular flexibility index (Phi) is 4.66. The summed E-state index contributed by atoms with van der Waals surface area (Å²) in [4.78, 5) is 0. The summed E-state index contributed by atoms with van der Waals surface area (Å²) in [5.41, 5.74) is 1.98. The molecule has 108 valence electrons. The van der Waals surface area contributed by atoms with Crippen molar-refractivity contribution in [2.75, 3.05) is 13.1 Å². The molecule has 6 heteroatoms. The molecular weight excluding hydrogens is 257 g/mol. The second-order valence-electron chi connectivity index (χ2n) is 5.57. The Morgan fingerprint density at radius 1 is 1.11 bits per heavy atom. The number of hydrogen-bond acceptors (Lipinski definition) is 0. The van der Waals surface area contributed by atoms with E-state index in [1.165, 1.54) is 29.7 Å². The van der Waals surface area contributed by atoms with Gasteiger partial charge in [0.15, 0.2) is 0 Å². The molecule has 0 saturated carbocycles. The zero-order valence-corrected chi connectivity index (χ0v) is 11.5. The fourth-order valence-electron chi connectivity index (χ4n) is 2.56. The first-order valence-electron chi connectivity index (χ1n) is 6.37. The summed E-state index contributed by atoms with van der Waals surface area (Å²) in [6.07, 6.45) is 0. The largest absolute Gasteiger partial charge is 0.673 e. The van der Waals surface area contributed by atoms with Gasteiger partial charge in [0.05, 0.1) is 6.54 Å². The predicted octanol–water partition coefficient (Wildman–Crippen LogP) is 4.12. The van der Waals surface area contributed by atoms with Crippen molar-refractivity contribution < 1.29 is 21.7 Å². The van der Waals surface area contributed by atoms with Crippen LogP contribution in [0.25, 0.3) is 0 Å². The van der Waals surface area contributed by atoms with Gasteiger partial charge in [-0.1, -0.05) is 30.3 Å². The molecule has 1 fully saturated rings. The Morgan fingerprint density at radius 2 is 1.53 bits per heavy atom. The minimum atomic E-state index is -6.00. The molecule has 1 atom stereocenters. The van der Waals surface area contributed by atoms with Gasteiger partial charge in [-0.2, -0.15) is 0 Å². The highest BCUT2D eigenvalue weighted by molar-refractivity contribution is 6.50. The second kappa shape index (κ2) is 5.53. The first-order chi connectivity index (χ1) is 8.60. The molecule has 1 aliphatic rings. The average Bonchev–Trinajstić information content (AvgIpc) is 2.80. The van der Waals surface area contributed by atoms with Gasteiger partial charge in [-0.25, -0.2) is 0 Å². The van der Waals surface area contributed by atoms with Crippen LogP contribution in [0.3, 0.4) is 0 Å². The molecule has 0 amide bonds. The number of likely N-dealkylation sites (N-methyl/N-ethyl adjacent to an activating group) is 1. The van der Waals surface area contributed by atoms with Crippen LogP contribution in [-0.4, -0.2) is 30.4 Å². The highest BCUT2D eigenvalue weighted by Gasteiger charge is 2.61. The lowest BCUT2D eigenvalue weighted by molar-refractivity contribution is -0.839. The van der Waals surface area contributed by atoms with E-state index in [0.717, 1.165) is 0 Å². The second-order valence-corrected chi connectivity index (χ2v) is 5.57. The molecule has 19 heavy (non-hydrogen) atoms. The summed E-state index contributed by atoms with van der Waals surface area (Å²) < 4.78 is 40.3. The molecule has 0 aliphatic carbocycles. The van der Waals surface area contributed by atoms with E-state index in [9.17, 15) is 17.3 Å². The number of halogens is 4. The maximum atomic E-state index is 9.75. The Morgan fingerprint density at radius 3 is 1.84 bits per heavy atom. The van der Waals surface area contributed by atoms with Crippen LogP contribution in [0.2, 0.25) is 0 Å². The highest BCUT2D eigenvalue weighted by atomic mass is 19.5. The highest BCUT2D eigenvalue weighted by Crippen LogP contribution is 2.43. The lowest BCUT2D eigenvalue weighted by atomic mass is 10.2. The van der Waals surface area contributed by atoms with Crippen molar-refractivity contribution in [3.05, 3.63) is 35.9 Å². The molecule has 1 saturated heterocycles. The van der Waals surface area contributed by atoms with Gasteiger partial charge in [0, 0.05) is 5.56 Å². The zero-order chi connectivity index (χ0) is 14.7. The summed E-state index contributed by atoms with van der Waals surface area (Å²) in [6.45, 7) is 10.8. The van der Waals surface area contributed by atoms with Gasteiger partial charge in [-0.3, -0.25) is 0 Å². The molecular formula is C13H20BF4N. The lowest BCUT2D eigenvalue weighted by Gasteiger charge is -2.21. The fraction of sp³-hybridized carbons (Fsp3) is 0.538. The summed E-state index contributed by atoms with van der Waals surface area (Å²) >= 11 is 0. The number of rotatable bonds is 3. The zero-order valence-electron chi connectivity index (χ0n) is 11.5. The predicted molar refractivity (Wildman–Crippen MR) is 70.1 cm³/mol. The van der Waals surface area contributed by atoms with Crippen molar-refractivity contribution in [3.63, 3.8) is 0 Å². The van der Waals surface area contributed by atoms with Crippen LogP contribution in [-0.2, 0) is 6.54 Å². The third-order valence-corrected chi connectivity index (χ3v) is 3.80. The van der Waals surface area contributed by atoms with Crippen LogP contribution >= 0.6 is 0 Å². The van der Waals surface area contributed by atoms with Crippen molar-refractivity contribution in [1.82, 2.24) is 0 Å². The monoisotopic (exact) mass is 277 g/mol. The molecule has 0 bridgehead atoms. The number of nitrogens with zero attached hydrogens (tertiary/aromatic N) is 1. The van der Waals surface area contributed by atoms with Crippen molar-refractivity contribution in [2.24, 2.45) is 0 Å². The Bertz CT molecular complexity index is 399. The van der Waals surface area contributed by atoms with E-state index in [2.05, 4.69) is 51.1 Å². The van der Waals surface area contributed by atoms with Gasteiger partial charge >= 0.3 is 7.25 Å². The van der Waals surface area contributed by atoms with E-state index in [1.54, 1.807) is 0 Å². The van der Waals surface area contributed by atoms with E-state index in [-0.39, 0.29) is 0 Å². The fourth-order valence-corrected chi connectivity index (χ4v) is 2.56. The third kappa shape index (κ3) is 4.86. The molecule has 1 nitrogen and oxygen atoms in total. The normalized spacial score (nSPS) is 24.4. The van der Waals surface area contributed by atoms with Crippen molar-refractivity contribution in [1.29, 1.82) is 0 Å². The van der Waals surface area contributed by atoms with Crippen LogP contribution in [0.5, 0.6) is 0 Å². The van der Waals surface area contributed by atoms with Gasteiger partial charge in [-0.15, -0.1) is 0 Å². The van der Waals surface area contributed by atoms with E-state index < -0.39 is 7.25 Å². The van der Waals surface area contributed by atoms with Gasteiger partial charge in [0.1, 0.15) is 18.6 Å². The summed E-state index contributed by atoms with van der Waals surface area (Å²) in [6, 6.07) is 10.8.